The lowest BCUT2D eigenvalue weighted by atomic mass is 10.1. The van der Waals surface area contributed by atoms with Crippen molar-refractivity contribution in [2.45, 2.75) is 16.8 Å². The largest absolute Gasteiger partial charge is 0.392 e. The second-order valence-corrected chi connectivity index (χ2v) is 5.13. The van der Waals surface area contributed by atoms with E-state index in [2.05, 4.69) is 34.6 Å². The minimum Gasteiger partial charge on any atom is -0.392 e. The average molecular weight is 289 g/mol. The maximum absolute atomic E-state index is 9.31. The summed E-state index contributed by atoms with van der Waals surface area (Å²) in [6.07, 6.45) is 0. The van der Waals surface area contributed by atoms with E-state index in [1.54, 1.807) is 11.3 Å². The van der Waals surface area contributed by atoms with Gasteiger partial charge in [0, 0.05) is 30.8 Å². The Morgan fingerprint density at radius 2 is 2.21 bits per heavy atom. The molecule has 0 atom stereocenters. The van der Waals surface area contributed by atoms with Gasteiger partial charge in [0.2, 0.25) is 0 Å². The fourth-order valence-electron chi connectivity index (χ4n) is 1.52. The number of fused-ring (bicyclic) bond motifs is 1. The van der Waals surface area contributed by atoms with Crippen LogP contribution in [0.1, 0.15) is 10.4 Å². The molecular weight excluding hydrogens is 280 g/mol. The Kier molecular flexibility index (Phi) is 3.17. The van der Waals surface area contributed by atoms with Crippen LogP contribution in [0.15, 0.2) is 23.1 Å². The lowest BCUT2D eigenvalue weighted by Crippen LogP contribution is -1.85. The van der Waals surface area contributed by atoms with E-state index in [4.69, 9.17) is 0 Å². The molecule has 0 saturated heterocycles. The maximum Gasteiger partial charge on any atom is 0.0699 e. The Morgan fingerprint density at radius 1 is 1.43 bits per heavy atom. The molecule has 0 spiro atoms. The molecule has 4 heteroatoms. The Balaban J connectivity index is 2.81. The van der Waals surface area contributed by atoms with E-state index < -0.39 is 0 Å². The first-order valence-electron chi connectivity index (χ1n) is 4.17. The van der Waals surface area contributed by atoms with Gasteiger partial charge < -0.3 is 5.11 Å². The van der Waals surface area contributed by atoms with Crippen molar-refractivity contribution in [2.75, 3.05) is 0 Å². The van der Waals surface area contributed by atoms with Crippen molar-refractivity contribution < 1.29 is 5.11 Å². The van der Waals surface area contributed by atoms with Gasteiger partial charge in [0.1, 0.15) is 0 Å². The summed E-state index contributed by atoms with van der Waals surface area (Å²) in [5.74, 6) is 0. The number of benzene rings is 1. The van der Waals surface area contributed by atoms with Crippen LogP contribution in [-0.2, 0) is 11.9 Å². The number of hydrogen-bond acceptors (Lipinski definition) is 3. The Morgan fingerprint density at radius 3 is 2.86 bits per heavy atom. The highest BCUT2D eigenvalue weighted by molar-refractivity contribution is 9.08. The van der Waals surface area contributed by atoms with Gasteiger partial charge in [-0.15, -0.1) is 24.0 Å². The van der Waals surface area contributed by atoms with E-state index >= 15 is 0 Å². The lowest BCUT2D eigenvalue weighted by Gasteiger charge is -1.99. The molecule has 1 N–H and O–H groups in total. The van der Waals surface area contributed by atoms with Crippen molar-refractivity contribution in [3.63, 3.8) is 0 Å². The van der Waals surface area contributed by atoms with Crippen LogP contribution in [0.4, 0.5) is 0 Å². The fraction of sp³-hybridized carbons (Fsp3) is 0.200. The monoisotopic (exact) mass is 288 g/mol. The first-order chi connectivity index (χ1) is 6.77. The topological polar surface area (TPSA) is 20.2 Å². The summed E-state index contributed by atoms with van der Waals surface area (Å²) < 4.78 is 1.19. The lowest BCUT2D eigenvalue weighted by molar-refractivity contribution is 0.283. The molecule has 0 aliphatic carbocycles. The average Bonchev–Trinajstić information content (AvgIpc) is 2.56. The van der Waals surface area contributed by atoms with Crippen molar-refractivity contribution in [3.8, 4) is 0 Å². The number of halogens is 1. The summed E-state index contributed by atoms with van der Waals surface area (Å²) in [4.78, 5) is 2.12. The van der Waals surface area contributed by atoms with Gasteiger partial charge in [-0.25, -0.2) is 0 Å². The predicted molar refractivity (Wildman–Crippen MR) is 67.6 cm³/mol. The molecular formula is C10H9BrOS2. The molecule has 0 fully saturated rings. The van der Waals surface area contributed by atoms with Crippen molar-refractivity contribution in [1.29, 1.82) is 0 Å². The molecule has 1 heterocycles. The first kappa shape index (κ1) is 10.5. The smallest absolute Gasteiger partial charge is 0.0699 e. The molecule has 14 heavy (non-hydrogen) atoms. The number of hydrogen-bond donors (Lipinski definition) is 2. The van der Waals surface area contributed by atoms with E-state index in [-0.39, 0.29) is 6.61 Å². The Labute approximate surface area is 100 Å². The van der Waals surface area contributed by atoms with Crippen LogP contribution < -0.4 is 0 Å². The van der Waals surface area contributed by atoms with E-state index in [0.29, 0.717) is 0 Å². The predicted octanol–water partition coefficient (Wildman–Crippen LogP) is 3.58. The molecule has 0 unspecified atom stereocenters. The van der Waals surface area contributed by atoms with Gasteiger partial charge in [-0.1, -0.05) is 22.0 Å². The molecule has 0 aliphatic heterocycles. The van der Waals surface area contributed by atoms with Crippen LogP contribution in [0.5, 0.6) is 0 Å². The van der Waals surface area contributed by atoms with Crippen LogP contribution in [-0.4, -0.2) is 5.11 Å². The summed E-state index contributed by atoms with van der Waals surface area (Å²) in [5.41, 5.74) is 1.01. The number of thiophene rings is 1. The summed E-state index contributed by atoms with van der Waals surface area (Å²) in [6, 6.07) is 6.00. The highest BCUT2D eigenvalue weighted by Crippen LogP contribution is 2.36. The minimum absolute atomic E-state index is 0.0819. The van der Waals surface area contributed by atoms with Gasteiger partial charge >= 0.3 is 0 Å². The third kappa shape index (κ3) is 1.60. The maximum atomic E-state index is 9.31. The number of aliphatic hydroxyl groups is 1. The zero-order chi connectivity index (χ0) is 10.1. The highest BCUT2D eigenvalue weighted by Gasteiger charge is 2.11. The van der Waals surface area contributed by atoms with Crippen molar-refractivity contribution in [1.82, 2.24) is 0 Å². The molecule has 1 nitrogen and oxygen atoms in total. The molecule has 0 bridgehead atoms. The third-order valence-electron chi connectivity index (χ3n) is 2.16. The van der Waals surface area contributed by atoms with Crippen LogP contribution >= 0.6 is 39.9 Å². The Bertz CT molecular complexity index is 464. The van der Waals surface area contributed by atoms with Crippen LogP contribution in [0.2, 0.25) is 0 Å². The van der Waals surface area contributed by atoms with Gasteiger partial charge in [-0.05, 0) is 12.1 Å². The zero-order valence-electron chi connectivity index (χ0n) is 7.33. The van der Waals surface area contributed by atoms with Crippen molar-refractivity contribution in [3.05, 3.63) is 28.6 Å². The second-order valence-electron chi connectivity index (χ2n) is 2.95. The molecule has 0 aliphatic rings. The standard InChI is InChI=1S/C10H9BrOS2/c11-4-9-6(5-12)10-7(13)2-1-3-8(10)14-9/h1-3,12-13H,4-5H2. The number of rotatable bonds is 2. The minimum atomic E-state index is 0.0819. The first-order valence-corrected chi connectivity index (χ1v) is 6.55. The van der Waals surface area contributed by atoms with Gasteiger partial charge in [0.15, 0.2) is 0 Å². The fourth-order valence-corrected chi connectivity index (χ4v) is 3.71. The van der Waals surface area contributed by atoms with Crippen molar-refractivity contribution >= 4 is 50.0 Å². The number of alkyl halides is 1. The van der Waals surface area contributed by atoms with Gasteiger partial charge in [0.25, 0.3) is 0 Å². The molecule has 2 rings (SSSR count). The van der Waals surface area contributed by atoms with E-state index in [9.17, 15) is 5.11 Å². The zero-order valence-corrected chi connectivity index (χ0v) is 10.6. The number of thiol groups is 1. The summed E-state index contributed by atoms with van der Waals surface area (Å²) in [7, 11) is 0. The highest BCUT2D eigenvalue weighted by atomic mass is 79.9. The molecule has 1 aromatic heterocycles. The quantitative estimate of drug-likeness (QED) is 0.639. The summed E-state index contributed by atoms with van der Waals surface area (Å²) >= 11 is 9.54. The number of aliphatic hydroxyl groups excluding tert-OH is 1. The second kappa shape index (κ2) is 4.23. The van der Waals surface area contributed by atoms with Crippen LogP contribution in [0, 0.1) is 0 Å². The van der Waals surface area contributed by atoms with Crippen LogP contribution in [0.25, 0.3) is 10.1 Å². The van der Waals surface area contributed by atoms with Crippen LogP contribution in [0.3, 0.4) is 0 Å². The Hall–Kier alpha value is -0.0300. The normalized spacial score (nSPS) is 11.1. The van der Waals surface area contributed by atoms with Gasteiger partial charge in [0.05, 0.1) is 6.61 Å². The van der Waals surface area contributed by atoms with Gasteiger partial charge in [-0.2, -0.15) is 0 Å². The summed E-state index contributed by atoms with van der Waals surface area (Å²) in [5, 5.41) is 11.2. The summed E-state index contributed by atoms with van der Waals surface area (Å²) in [6.45, 7) is 0.0819. The van der Waals surface area contributed by atoms with E-state index in [1.807, 2.05) is 12.1 Å². The van der Waals surface area contributed by atoms with Crippen molar-refractivity contribution in [2.24, 2.45) is 0 Å². The molecule has 0 amide bonds. The van der Waals surface area contributed by atoms with Gasteiger partial charge in [-0.3, -0.25) is 0 Å². The third-order valence-corrected chi connectivity index (χ3v) is 4.66. The molecule has 1 aromatic carbocycles. The molecule has 2 aromatic rings. The molecule has 74 valence electrons. The molecule has 0 saturated carbocycles. The SMILES string of the molecule is OCc1c(CBr)sc2cccc(S)c12. The van der Waals surface area contributed by atoms with E-state index in [1.165, 1.54) is 9.58 Å². The van der Waals surface area contributed by atoms with E-state index in [0.717, 1.165) is 21.2 Å². The molecule has 0 radical (unpaired) electrons.